The number of fused-ring (bicyclic) bond motifs is 1. The number of rotatable bonds is 5. The number of carboxylic acids is 1. The average Bonchev–Trinajstić information content (AvgIpc) is 2.66. The first-order chi connectivity index (χ1) is 12.9. The SMILES string of the molecule is CC1(C)CCC(CNC(=O)NC(C(=O)O)C2CCCOC2)c2ccccc21. The van der Waals surface area contributed by atoms with E-state index in [4.69, 9.17) is 4.74 Å². The van der Waals surface area contributed by atoms with Crippen molar-refractivity contribution in [3.05, 3.63) is 35.4 Å². The Kier molecular flexibility index (Phi) is 6.05. The molecule has 1 saturated heterocycles. The predicted molar refractivity (Wildman–Crippen MR) is 103 cm³/mol. The van der Waals surface area contributed by atoms with Gasteiger partial charge >= 0.3 is 12.0 Å². The van der Waals surface area contributed by atoms with Crippen molar-refractivity contribution in [1.29, 1.82) is 0 Å². The molecule has 0 spiro atoms. The van der Waals surface area contributed by atoms with E-state index in [0.717, 1.165) is 25.7 Å². The Bertz CT molecular complexity index is 683. The smallest absolute Gasteiger partial charge is 0.326 e. The van der Waals surface area contributed by atoms with Crippen LogP contribution in [0.5, 0.6) is 0 Å². The molecule has 1 heterocycles. The van der Waals surface area contributed by atoms with E-state index >= 15 is 0 Å². The van der Waals surface area contributed by atoms with E-state index in [1.165, 1.54) is 11.1 Å². The minimum absolute atomic E-state index is 0.144. The van der Waals surface area contributed by atoms with Crippen molar-refractivity contribution >= 4 is 12.0 Å². The normalized spacial score (nSPS) is 25.1. The van der Waals surface area contributed by atoms with Crippen LogP contribution < -0.4 is 10.6 Å². The van der Waals surface area contributed by atoms with Gasteiger partial charge in [-0.05, 0) is 42.2 Å². The number of nitrogens with one attached hydrogen (secondary N) is 2. The molecule has 1 aromatic carbocycles. The van der Waals surface area contributed by atoms with Crippen LogP contribution in [0.4, 0.5) is 4.79 Å². The fraction of sp³-hybridized carbons (Fsp3) is 0.619. The highest BCUT2D eigenvalue weighted by molar-refractivity contribution is 5.82. The van der Waals surface area contributed by atoms with E-state index in [1.54, 1.807) is 0 Å². The van der Waals surface area contributed by atoms with Crippen LogP contribution in [0.25, 0.3) is 0 Å². The second-order valence-corrected chi connectivity index (χ2v) is 8.35. The van der Waals surface area contributed by atoms with E-state index < -0.39 is 18.0 Å². The standard InChI is InChI=1S/C21H30N2O4/c1-21(2)10-9-14(16-7-3-4-8-17(16)21)12-22-20(26)23-18(19(24)25)15-6-5-11-27-13-15/h3-4,7-8,14-15,18H,5-6,9-13H2,1-2H3,(H,24,25)(H2,22,23,26). The zero-order valence-electron chi connectivity index (χ0n) is 16.2. The van der Waals surface area contributed by atoms with Crippen molar-refractivity contribution in [3.63, 3.8) is 0 Å². The van der Waals surface area contributed by atoms with Crippen molar-refractivity contribution < 1.29 is 19.4 Å². The summed E-state index contributed by atoms with van der Waals surface area (Å²) in [5, 5.41) is 15.0. The van der Waals surface area contributed by atoms with Gasteiger partial charge in [-0.3, -0.25) is 0 Å². The molecule has 3 unspecified atom stereocenters. The first-order valence-corrected chi connectivity index (χ1v) is 9.83. The molecule has 2 amide bonds. The summed E-state index contributed by atoms with van der Waals surface area (Å²) in [6.07, 6.45) is 3.65. The maximum absolute atomic E-state index is 12.4. The van der Waals surface area contributed by atoms with Gasteiger partial charge in [0.1, 0.15) is 6.04 Å². The molecule has 2 aliphatic rings. The van der Waals surface area contributed by atoms with Gasteiger partial charge in [-0.15, -0.1) is 0 Å². The van der Waals surface area contributed by atoms with Gasteiger partial charge in [0, 0.05) is 25.0 Å². The highest BCUT2D eigenvalue weighted by Gasteiger charge is 2.34. The number of amides is 2. The zero-order valence-corrected chi connectivity index (χ0v) is 16.2. The average molecular weight is 374 g/mol. The predicted octanol–water partition coefficient (Wildman–Crippen LogP) is 3.02. The number of hydrogen-bond donors (Lipinski definition) is 3. The number of carbonyl (C=O) groups is 2. The lowest BCUT2D eigenvalue weighted by molar-refractivity contribution is -0.142. The summed E-state index contributed by atoms with van der Waals surface area (Å²) in [7, 11) is 0. The van der Waals surface area contributed by atoms with Gasteiger partial charge in [0.2, 0.25) is 0 Å². The molecular formula is C21H30N2O4. The quantitative estimate of drug-likeness (QED) is 0.739. The third kappa shape index (κ3) is 4.61. The van der Waals surface area contributed by atoms with E-state index in [-0.39, 0.29) is 17.3 Å². The maximum atomic E-state index is 12.4. The first kappa shape index (κ1) is 19.7. The number of ether oxygens (including phenoxy) is 1. The third-order valence-electron chi connectivity index (χ3n) is 5.98. The number of benzene rings is 1. The van der Waals surface area contributed by atoms with Gasteiger partial charge in [-0.1, -0.05) is 38.1 Å². The number of aliphatic carboxylic acids is 1. The summed E-state index contributed by atoms with van der Waals surface area (Å²) in [5.41, 5.74) is 2.76. The molecule has 27 heavy (non-hydrogen) atoms. The Labute approximate surface area is 160 Å². The second-order valence-electron chi connectivity index (χ2n) is 8.35. The van der Waals surface area contributed by atoms with Crippen LogP contribution in [0, 0.1) is 5.92 Å². The molecule has 1 fully saturated rings. The molecule has 1 aliphatic heterocycles. The molecule has 0 bridgehead atoms. The van der Waals surface area contributed by atoms with Crippen molar-refractivity contribution in [2.75, 3.05) is 19.8 Å². The topological polar surface area (TPSA) is 87.7 Å². The second kappa shape index (κ2) is 8.30. The van der Waals surface area contributed by atoms with Crippen LogP contribution in [-0.4, -0.2) is 42.9 Å². The Morgan fingerprint density at radius 2 is 2.07 bits per heavy atom. The third-order valence-corrected chi connectivity index (χ3v) is 5.98. The van der Waals surface area contributed by atoms with E-state index in [2.05, 4.69) is 42.7 Å². The van der Waals surface area contributed by atoms with Crippen LogP contribution in [0.3, 0.4) is 0 Å². The molecule has 3 atom stereocenters. The summed E-state index contributed by atoms with van der Waals surface area (Å²) in [6.45, 7) is 6.05. The highest BCUT2D eigenvalue weighted by atomic mass is 16.5. The van der Waals surface area contributed by atoms with Crippen LogP contribution >= 0.6 is 0 Å². The minimum Gasteiger partial charge on any atom is -0.480 e. The monoisotopic (exact) mass is 374 g/mol. The van der Waals surface area contributed by atoms with Crippen molar-refractivity contribution in [2.24, 2.45) is 5.92 Å². The van der Waals surface area contributed by atoms with Gasteiger partial charge in [0.25, 0.3) is 0 Å². The van der Waals surface area contributed by atoms with Crippen molar-refractivity contribution in [2.45, 2.75) is 56.9 Å². The molecule has 6 heteroatoms. The Morgan fingerprint density at radius 1 is 1.30 bits per heavy atom. The lowest BCUT2D eigenvalue weighted by atomic mass is 9.69. The maximum Gasteiger partial charge on any atom is 0.326 e. The number of urea groups is 1. The van der Waals surface area contributed by atoms with E-state index in [1.807, 2.05) is 6.07 Å². The molecule has 0 saturated carbocycles. The van der Waals surface area contributed by atoms with Crippen LogP contribution in [0.15, 0.2) is 24.3 Å². The fourth-order valence-corrected chi connectivity index (χ4v) is 4.32. The highest BCUT2D eigenvalue weighted by Crippen LogP contribution is 2.42. The molecule has 3 N–H and O–H groups in total. The summed E-state index contributed by atoms with van der Waals surface area (Å²) >= 11 is 0. The van der Waals surface area contributed by atoms with Crippen LogP contribution in [0.2, 0.25) is 0 Å². The summed E-state index contributed by atoms with van der Waals surface area (Å²) in [4.78, 5) is 23.9. The molecule has 0 radical (unpaired) electrons. The van der Waals surface area contributed by atoms with Crippen LogP contribution in [0.1, 0.15) is 56.6 Å². The summed E-state index contributed by atoms with van der Waals surface area (Å²) in [5.74, 6) is -0.940. The Balaban J connectivity index is 1.59. The number of carbonyl (C=O) groups excluding carboxylic acids is 1. The largest absolute Gasteiger partial charge is 0.480 e. The first-order valence-electron chi connectivity index (χ1n) is 9.83. The molecule has 6 nitrogen and oxygen atoms in total. The van der Waals surface area contributed by atoms with Gasteiger partial charge in [0.15, 0.2) is 0 Å². The Hall–Kier alpha value is -2.08. The lowest BCUT2D eigenvalue weighted by Crippen LogP contribution is -2.52. The van der Waals surface area contributed by atoms with Crippen molar-refractivity contribution in [1.82, 2.24) is 10.6 Å². The van der Waals surface area contributed by atoms with Gasteiger partial charge in [-0.2, -0.15) is 0 Å². The fourth-order valence-electron chi connectivity index (χ4n) is 4.32. The van der Waals surface area contributed by atoms with E-state index in [9.17, 15) is 14.7 Å². The number of carboxylic acid groups (broad SMARTS) is 1. The van der Waals surface area contributed by atoms with Crippen molar-refractivity contribution in [3.8, 4) is 0 Å². The van der Waals surface area contributed by atoms with Gasteiger partial charge < -0.3 is 20.5 Å². The minimum atomic E-state index is -1.01. The molecule has 3 rings (SSSR count). The Morgan fingerprint density at radius 3 is 2.78 bits per heavy atom. The summed E-state index contributed by atoms with van der Waals surface area (Å²) in [6, 6.07) is 7.08. The molecular weight excluding hydrogens is 344 g/mol. The molecule has 1 aliphatic carbocycles. The van der Waals surface area contributed by atoms with Gasteiger partial charge in [0.05, 0.1) is 6.61 Å². The molecule has 0 aromatic heterocycles. The number of hydrogen-bond acceptors (Lipinski definition) is 3. The summed E-state index contributed by atoms with van der Waals surface area (Å²) < 4.78 is 5.37. The lowest BCUT2D eigenvalue weighted by Gasteiger charge is -2.37. The zero-order chi connectivity index (χ0) is 19.4. The van der Waals surface area contributed by atoms with Gasteiger partial charge in [-0.25, -0.2) is 9.59 Å². The van der Waals surface area contributed by atoms with E-state index in [0.29, 0.717) is 19.8 Å². The van der Waals surface area contributed by atoms with Crippen LogP contribution in [-0.2, 0) is 14.9 Å². The molecule has 148 valence electrons. The molecule has 1 aromatic rings.